The van der Waals surface area contributed by atoms with Crippen LogP contribution < -0.4 is 0 Å². The minimum Gasteiger partial charge on any atom is -0.493 e. The summed E-state index contributed by atoms with van der Waals surface area (Å²) in [6.45, 7) is 1.33. The molecule has 0 radical (unpaired) electrons. The lowest BCUT2D eigenvalue weighted by molar-refractivity contribution is 0.0696. The predicted molar refractivity (Wildman–Crippen MR) is 95.2 cm³/mol. The molecule has 8 heteroatoms. The molecule has 0 saturated heterocycles. The van der Waals surface area contributed by atoms with Gasteiger partial charge < -0.3 is 10.2 Å². The Morgan fingerprint density at radius 1 is 1.12 bits per heavy atom. The maximum atomic E-state index is 11.8. The fourth-order valence-corrected chi connectivity index (χ4v) is 2.82. The number of carboxylic acid groups (broad SMARTS) is 1. The molecule has 0 unspecified atom stereocenters. The number of carbonyl (C=O) groups is 2. The molecule has 2 aromatic carbocycles. The second-order valence-electron chi connectivity index (χ2n) is 5.24. The van der Waals surface area contributed by atoms with Gasteiger partial charge >= 0.3 is 5.97 Å². The Bertz CT molecular complexity index is 1040. The van der Waals surface area contributed by atoms with Crippen LogP contribution in [0.5, 0.6) is 5.88 Å². The van der Waals surface area contributed by atoms with E-state index in [4.69, 9.17) is 5.11 Å². The SMILES string of the molecule is CC(=O)n1c(O)c(N=Nc2cccc(C(=O)O)c2)c2cc(Br)ccc21. The van der Waals surface area contributed by atoms with Gasteiger partial charge in [-0.2, -0.15) is 5.11 Å². The number of hydrogen-bond donors (Lipinski definition) is 2. The van der Waals surface area contributed by atoms with Crippen molar-refractivity contribution in [2.75, 3.05) is 0 Å². The highest BCUT2D eigenvalue weighted by Crippen LogP contribution is 2.40. The van der Waals surface area contributed by atoms with Crippen LogP contribution in [0, 0.1) is 0 Å². The fraction of sp³-hybridized carbons (Fsp3) is 0.0588. The molecule has 0 atom stereocenters. The highest BCUT2D eigenvalue weighted by molar-refractivity contribution is 9.10. The van der Waals surface area contributed by atoms with Gasteiger partial charge in [-0.3, -0.25) is 4.79 Å². The summed E-state index contributed by atoms with van der Waals surface area (Å²) in [6.07, 6.45) is 0. The highest BCUT2D eigenvalue weighted by Gasteiger charge is 2.19. The maximum Gasteiger partial charge on any atom is 0.335 e. The van der Waals surface area contributed by atoms with Gasteiger partial charge in [0.2, 0.25) is 11.8 Å². The number of carbonyl (C=O) groups excluding carboxylic acids is 1. The second kappa shape index (κ2) is 6.48. The summed E-state index contributed by atoms with van der Waals surface area (Å²) in [5, 5.41) is 28.0. The van der Waals surface area contributed by atoms with E-state index >= 15 is 0 Å². The van der Waals surface area contributed by atoms with Crippen molar-refractivity contribution in [2.45, 2.75) is 6.92 Å². The van der Waals surface area contributed by atoms with E-state index < -0.39 is 5.97 Å². The monoisotopic (exact) mass is 401 g/mol. The lowest BCUT2D eigenvalue weighted by Gasteiger charge is -2.00. The van der Waals surface area contributed by atoms with E-state index in [1.807, 2.05) is 0 Å². The third-order valence-electron chi connectivity index (χ3n) is 3.55. The van der Waals surface area contributed by atoms with Gasteiger partial charge in [-0.05, 0) is 36.4 Å². The van der Waals surface area contributed by atoms with E-state index in [0.29, 0.717) is 16.6 Å². The van der Waals surface area contributed by atoms with Crippen LogP contribution in [0.4, 0.5) is 11.4 Å². The molecule has 0 aliphatic carbocycles. The Kier molecular flexibility index (Phi) is 4.37. The molecule has 0 spiro atoms. The summed E-state index contributed by atoms with van der Waals surface area (Å²) in [5.74, 6) is -1.75. The largest absolute Gasteiger partial charge is 0.493 e. The predicted octanol–water partition coefficient (Wildman–Crippen LogP) is 4.88. The first-order chi connectivity index (χ1) is 11.9. The van der Waals surface area contributed by atoms with Crippen LogP contribution in [0.15, 0.2) is 57.2 Å². The van der Waals surface area contributed by atoms with E-state index in [9.17, 15) is 14.7 Å². The Labute approximate surface area is 150 Å². The molecule has 25 heavy (non-hydrogen) atoms. The van der Waals surface area contributed by atoms with Gasteiger partial charge in [-0.1, -0.05) is 22.0 Å². The van der Waals surface area contributed by atoms with Gasteiger partial charge in [0.1, 0.15) is 0 Å². The number of fused-ring (bicyclic) bond motifs is 1. The van der Waals surface area contributed by atoms with E-state index in [1.54, 1.807) is 30.3 Å². The lowest BCUT2D eigenvalue weighted by atomic mass is 10.2. The highest BCUT2D eigenvalue weighted by atomic mass is 79.9. The van der Waals surface area contributed by atoms with E-state index in [2.05, 4.69) is 26.2 Å². The summed E-state index contributed by atoms with van der Waals surface area (Å²) in [4.78, 5) is 22.8. The van der Waals surface area contributed by atoms with Crippen molar-refractivity contribution in [3.63, 3.8) is 0 Å². The lowest BCUT2D eigenvalue weighted by Crippen LogP contribution is -2.03. The zero-order chi connectivity index (χ0) is 18.1. The molecule has 3 aromatic rings. The molecular weight excluding hydrogens is 390 g/mol. The van der Waals surface area contributed by atoms with Crippen molar-refractivity contribution in [1.82, 2.24) is 4.57 Å². The molecule has 0 fully saturated rings. The van der Waals surface area contributed by atoms with Crippen LogP contribution in [0.2, 0.25) is 0 Å². The standard InChI is InChI=1S/C17H12BrN3O4/c1-9(22)21-14-6-5-11(18)8-13(14)15(16(21)23)20-19-12-4-2-3-10(7-12)17(24)25/h2-8,23H,1H3,(H,24,25). The molecule has 2 N–H and O–H groups in total. The molecule has 3 rings (SSSR count). The molecule has 0 amide bonds. The number of aromatic nitrogens is 1. The topological polar surface area (TPSA) is 104 Å². The van der Waals surface area contributed by atoms with Crippen LogP contribution in [0.3, 0.4) is 0 Å². The van der Waals surface area contributed by atoms with Crippen molar-refractivity contribution >= 4 is 50.1 Å². The van der Waals surface area contributed by atoms with Crippen LogP contribution >= 0.6 is 15.9 Å². The van der Waals surface area contributed by atoms with E-state index in [1.165, 1.54) is 19.1 Å². The number of aromatic hydroxyl groups is 1. The normalized spacial score (nSPS) is 11.3. The van der Waals surface area contributed by atoms with Crippen LogP contribution in [-0.2, 0) is 0 Å². The number of nitrogens with zero attached hydrogens (tertiary/aromatic N) is 3. The molecule has 1 heterocycles. The zero-order valence-electron chi connectivity index (χ0n) is 13.0. The first-order valence-corrected chi connectivity index (χ1v) is 7.96. The number of aromatic carboxylic acids is 1. The number of carboxylic acids is 1. The minimum atomic E-state index is -1.07. The first-order valence-electron chi connectivity index (χ1n) is 7.17. The van der Waals surface area contributed by atoms with Crippen LogP contribution in [0.1, 0.15) is 22.1 Å². The van der Waals surface area contributed by atoms with Crippen molar-refractivity contribution < 1.29 is 19.8 Å². The van der Waals surface area contributed by atoms with E-state index in [0.717, 1.165) is 9.04 Å². The van der Waals surface area contributed by atoms with Crippen LogP contribution in [0.25, 0.3) is 10.9 Å². The summed E-state index contributed by atoms with van der Waals surface area (Å²) >= 11 is 3.35. The minimum absolute atomic E-state index is 0.0783. The molecule has 0 bridgehead atoms. The summed E-state index contributed by atoms with van der Waals surface area (Å²) in [5.41, 5.74) is 1.03. The molecule has 0 aliphatic rings. The fourth-order valence-electron chi connectivity index (χ4n) is 2.46. The number of azo groups is 1. The number of halogens is 1. The second-order valence-corrected chi connectivity index (χ2v) is 6.16. The Morgan fingerprint density at radius 3 is 2.56 bits per heavy atom. The third kappa shape index (κ3) is 3.16. The number of hydrogen-bond acceptors (Lipinski definition) is 5. The van der Waals surface area contributed by atoms with E-state index in [-0.39, 0.29) is 23.0 Å². The average Bonchev–Trinajstić information content (AvgIpc) is 2.84. The van der Waals surface area contributed by atoms with Gasteiger partial charge in [0.05, 0.1) is 16.8 Å². The molecule has 1 aromatic heterocycles. The smallest absolute Gasteiger partial charge is 0.335 e. The molecule has 7 nitrogen and oxygen atoms in total. The van der Waals surface area contributed by atoms with Gasteiger partial charge in [0, 0.05) is 16.8 Å². The summed E-state index contributed by atoms with van der Waals surface area (Å²) in [6, 6.07) is 11.1. The molecule has 0 aliphatic heterocycles. The Balaban J connectivity index is 2.14. The Morgan fingerprint density at radius 2 is 1.88 bits per heavy atom. The first kappa shape index (κ1) is 16.8. The number of rotatable bonds is 3. The molecular formula is C17H12BrN3O4. The molecule has 126 valence electrons. The maximum absolute atomic E-state index is 11.8. The summed E-state index contributed by atoms with van der Waals surface area (Å²) < 4.78 is 1.90. The third-order valence-corrected chi connectivity index (χ3v) is 4.04. The van der Waals surface area contributed by atoms with Gasteiger partial charge in [-0.25, -0.2) is 9.36 Å². The summed E-state index contributed by atoms with van der Waals surface area (Å²) in [7, 11) is 0. The van der Waals surface area contributed by atoms with Gasteiger partial charge in [0.25, 0.3) is 0 Å². The van der Waals surface area contributed by atoms with Crippen LogP contribution in [-0.4, -0.2) is 26.7 Å². The quantitative estimate of drug-likeness (QED) is 0.609. The Hall–Kier alpha value is -3.00. The average molecular weight is 402 g/mol. The number of benzene rings is 2. The molecule has 0 saturated carbocycles. The van der Waals surface area contributed by atoms with Gasteiger partial charge in [0.15, 0.2) is 5.69 Å². The zero-order valence-corrected chi connectivity index (χ0v) is 14.6. The van der Waals surface area contributed by atoms with Crippen molar-refractivity contribution in [2.24, 2.45) is 10.2 Å². The van der Waals surface area contributed by atoms with Crippen molar-refractivity contribution in [3.8, 4) is 5.88 Å². The van der Waals surface area contributed by atoms with Gasteiger partial charge in [-0.15, -0.1) is 5.11 Å². The van der Waals surface area contributed by atoms with Crippen molar-refractivity contribution in [1.29, 1.82) is 0 Å². The van der Waals surface area contributed by atoms with Crippen molar-refractivity contribution in [3.05, 3.63) is 52.5 Å².